The van der Waals surface area contributed by atoms with Crippen molar-refractivity contribution in [3.8, 4) is 5.75 Å². The van der Waals surface area contributed by atoms with Crippen LogP contribution in [0.15, 0.2) is 85.0 Å². The molecule has 0 radical (unpaired) electrons. The average Bonchev–Trinajstić information content (AvgIpc) is 2.94. The van der Waals surface area contributed by atoms with Gasteiger partial charge in [0.1, 0.15) is 17.6 Å². The van der Waals surface area contributed by atoms with Crippen molar-refractivity contribution in [2.24, 2.45) is 0 Å². The summed E-state index contributed by atoms with van der Waals surface area (Å²) in [7, 11) is 0. The average molecular weight is 554 g/mol. The number of ether oxygens (including phenoxy) is 1. The summed E-state index contributed by atoms with van der Waals surface area (Å²) in [5.74, 6) is 0.216. The number of hydrogen-bond donors (Lipinski definition) is 2. The quantitative estimate of drug-likeness (QED) is 0.0914. The number of phenols is 1. The molecule has 1 rings (SSSR count). The predicted molar refractivity (Wildman–Crippen MR) is 166 cm³/mol. The van der Waals surface area contributed by atoms with Crippen LogP contribution in [0.5, 0.6) is 5.75 Å². The summed E-state index contributed by atoms with van der Waals surface area (Å²) < 4.78 is 5.34. The lowest BCUT2D eigenvalue weighted by Gasteiger charge is -2.14. The van der Waals surface area contributed by atoms with E-state index in [-0.39, 0.29) is 35.7 Å². The van der Waals surface area contributed by atoms with Gasteiger partial charge in [0.15, 0.2) is 0 Å². The molecule has 0 spiro atoms. The van der Waals surface area contributed by atoms with Crippen molar-refractivity contribution in [2.75, 3.05) is 18.9 Å². The lowest BCUT2D eigenvalue weighted by molar-refractivity contribution is -0.142. The van der Waals surface area contributed by atoms with Crippen molar-refractivity contribution in [3.05, 3.63) is 90.6 Å². The highest BCUT2D eigenvalue weighted by Gasteiger charge is 2.18. The molecule has 39 heavy (non-hydrogen) atoms. The van der Waals surface area contributed by atoms with Gasteiger partial charge in [0, 0.05) is 0 Å². The van der Waals surface area contributed by atoms with Gasteiger partial charge in [-0.1, -0.05) is 86.7 Å². The number of thioether (sulfide) groups is 1. The van der Waals surface area contributed by atoms with E-state index < -0.39 is 5.91 Å². The fourth-order valence-corrected chi connectivity index (χ4v) is 4.58. The molecule has 1 aromatic carbocycles. The zero-order chi connectivity index (χ0) is 28.4. The number of aromatic hydroxyl groups is 1. The van der Waals surface area contributed by atoms with Crippen LogP contribution in [0, 0.1) is 0 Å². The third-order valence-corrected chi connectivity index (χ3v) is 7.11. The fraction of sp³-hybridized carbons (Fsp3) is 0.455. The minimum atomic E-state index is -0.391. The zero-order valence-corrected chi connectivity index (χ0v) is 24.5. The molecule has 0 heterocycles. The van der Waals surface area contributed by atoms with Crippen molar-refractivity contribution in [1.29, 1.82) is 0 Å². The predicted octanol–water partition coefficient (Wildman–Crippen LogP) is 8.10. The van der Waals surface area contributed by atoms with Crippen LogP contribution in [0.3, 0.4) is 0 Å². The topological polar surface area (TPSA) is 75.6 Å². The Hall–Kier alpha value is -2.99. The number of nitrogens with one attached hydrogen (secondary N) is 1. The summed E-state index contributed by atoms with van der Waals surface area (Å²) in [6, 6.07) is 6.34. The molecular weight excluding hydrogens is 506 g/mol. The van der Waals surface area contributed by atoms with E-state index in [0.717, 1.165) is 57.1 Å². The van der Waals surface area contributed by atoms with E-state index in [9.17, 15) is 14.7 Å². The number of hydrogen-bond acceptors (Lipinski definition) is 5. The van der Waals surface area contributed by atoms with E-state index in [0.29, 0.717) is 6.42 Å². The van der Waals surface area contributed by atoms with Crippen LogP contribution in [0.2, 0.25) is 0 Å². The molecule has 0 saturated heterocycles. The van der Waals surface area contributed by atoms with Crippen LogP contribution in [0.25, 0.3) is 0 Å². The summed E-state index contributed by atoms with van der Waals surface area (Å²) in [5.41, 5.74) is 0.204. The molecule has 0 saturated carbocycles. The molecule has 1 atom stereocenters. The number of carbonyl (C=O) groups excluding carboxylic acids is 2. The van der Waals surface area contributed by atoms with Gasteiger partial charge in [0.2, 0.25) is 0 Å². The minimum absolute atomic E-state index is 0.0733. The maximum Gasteiger partial charge on any atom is 0.319 e. The molecular formula is C33H47NO4S. The van der Waals surface area contributed by atoms with Gasteiger partial charge in [-0.05, 0) is 75.7 Å². The molecule has 6 heteroatoms. The van der Waals surface area contributed by atoms with Gasteiger partial charge in [-0.3, -0.25) is 9.59 Å². The third kappa shape index (κ3) is 18.0. The Bertz CT molecular complexity index is 949. The smallest absolute Gasteiger partial charge is 0.319 e. The van der Waals surface area contributed by atoms with Gasteiger partial charge in [-0.2, -0.15) is 0 Å². The molecule has 1 aromatic rings. The Morgan fingerprint density at radius 1 is 0.872 bits per heavy atom. The second-order valence-electron chi connectivity index (χ2n) is 8.91. The molecule has 1 amide bonds. The van der Waals surface area contributed by atoms with E-state index >= 15 is 0 Å². The molecule has 0 aromatic heterocycles. The molecule has 0 fully saturated rings. The number of esters is 1. The number of allylic oxidation sites excluding steroid dienone is 10. The van der Waals surface area contributed by atoms with Crippen LogP contribution >= 0.6 is 11.8 Å². The fourth-order valence-electron chi connectivity index (χ4n) is 3.48. The first-order chi connectivity index (χ1) is 19.1. The van der Waals surface area contributed by atoms with Gasteiger partial charge in [0.25, 0.3) is 5.91 Å². The highest BCUT2D eigenvalue weighted by molar-refractivity contribution is 8.00. The van der Waals surface area contributed by atoms with Crippen molar-refractivity contribution >= 4 is 23.6 Å². The zero-order valence-electron chi connectivity index (χ0n) is 23.7. The number of amides is 1. The van der Waals surface area contributed by atoms with Gasteiger partial charge < -0.3 is 15.2 Å². The summed E-state index contributed by atoms with van der Waals surface area (Å²) in [5, 5.41) is 12.2. The Balaban J connectivity index is 2.05. The second-order valence-corrected chi connectivity index (χ2v) is 10.2. The largest absolute Gasteiger partial charge is 0.507 e. The summed E-state index contributed by atoms with van der Waals surface area (Å²) >= 11 is 1.64. The van der Waals surface area contributed by atoms with Crippen molar-refractivity contribution < 1.29 is 19.4 Å². The molecule has 1 unspecified atom stereocenters. The third-order valence-electron chi connectivity index (χ3n) is 5.66. The maximum atomic E-state index is 12.3. The van der Waals surface area contributed by atoms with Gasteiger partial charge in [0.05, 0.1) is 12.1 Å². The molecule has 0 aliphatic heterocycles. The molecule has 2 N–H and O–H groups in total. The Morgan fingerprint density at radius 3 is 2.05 bits per heavy atom. The van der Waals surface area contributed by atoms with Crippen molar-refractivity contribution in [3.63, 3.8) is 0 Å². The molecule has 5 nitrogen and oxygen atoms in total. The van der Waals surface area contributed by atoms with E-state index in [2.05, 4.69) is 73.0 Å². The number of carbonyl (C=O) groups is 2. The first-order valence-electron chi connectivity index (χ1n) is 14.2. The van der Waals surface area contributed by atoms with Crippen LogP contribution < -0.4 is 5.32 Å². The van der Waals surface area contributed by atoms with Crippen LogP contribution in [-0.2, 0) is 9.53 Å². The van der Waals surface area contributed by atoms with Crippen LogP contribution in [-0.4, -0.2) is 41.1 Å². The highest BCUT2D eigenvalue weighted by Crippen LogP contribution is 2.19. The molecule has 0 aliphatic rings. The Labute approximate surface area is 240 Å². The number of benzene rings is 1. The van der Waals surface area contributed by atoms with Crippen LogP contribution in [0.4, 0.5) is 0 Å². The van der Waals surface area contributed by atoms with Gasteiger partial charge >= 0.3 is 5.97 Å². The highest BCUT2D eigenvalue weighted by atomic mass is 32.2. The Kier molecular flexibility index (Phi) is 21.0. The van der Waals surface area contributed by atoms with Gasteiger partial charge in [-0.25, -0.2) is 0 Å². The van der Waals surface area contributed by atoms with Crippen molar-refractivity contribution in [2.45, 2.75) is 76.9 Å². The number of para-hydroxylation sites is 1. The summed E-state index contributed by atoms with van der Waals surface area (Å²) in [4.78, 5) is 24.4. The lowest BCUT2D eigenvalue weighted by Crippen LogP contribution is -2.29. The van der Waals surface area contributed by atoms with E-state index in [1.54, 1.807) is 30.0 Å². The number of rotatable bonds is 21. The van der Waals surface area contributed by atoms with Crippen molar-refractivity contribution in [1.82, 2.24) is 5.32 Å². The second kappa shape index (κ2) is 24.1. The number of unbranched alkanes of at least 4 members (excludes halogenated alkanes) is 2. The first-order valence-corrected chi connectivity index (χ1v) is 15.2. The molecule has 0 aliphatic carbocycles. The standard InChI is InChI=1S/C33H47NO4S/c1-3-5-6-7-8-9-10-11-12-13-14-15-16-17-18-19-20-23-28-39-31(4-2)33(37)38-27-26-34-32(36)29-24-21-22-25-30(29)35/h5-6,8-9,11-12,14-15,17-18,21-22,24-25,31,35H,3-4,7,10,13,16,19-20,23,26-28H2,1-2H3,(H,34,36)/b6-5-,9-8-,12-11-,15-14-,18-17-. The summed E-state index contributed by atoms with van der Waals surface area (Å²) in [6.07, 6.45) is 31.1. The van der Waals surface area contributed by atoms with E-state index in [1.807, 2.05) is 6.92 Å². The van der Waals surface area contributed by atoms with E-state index in [4.69, 9.17) is 4.74 Å². The molecule has 214 valence electrons. The van der Waals surface area contributed by atoms with Crippen LogP contribution in [0.1, 0.15) is 82.0 Å². The minimum Gasteiger partial charge on any atom is -0.507 e. The SMILES string of the molecule is CC/C=C\C/C=C\C/C=C\C/C=C\C/C=C\CCCCSC(CC)C(=O)OCCNC(=O)c1ccccc1O. The normalized spacial score (nSPS) is 12.9. The maximum absolute atomic E-state index is 12.3. The summed E-state index contributed by atoms with van der Waals surface area (Å²) in [6.45, 7) is 4.44. The first kappa shape index (κ1) is 34.0. The lowest BCUT2D eigenvalue weighted by atomic mass is 10.2. The monoisotopic (exact) mass is 553 g/mol. The number of phenolic OH excluding ortho intramolecular Hbond substituents is 1. The van der Waals surface area contributed by atoms with E-state index in [1.165, 1.54) is 6.07 Å². The van der Waals surface area contributed by atoms with Gasteiger partial charge in [-0.15, -0.1) is 11.8 Å². The Morgan fingerprint density at radius 2 is 1.46 bits per heavy atom. The molecule has 0 bridgehead atoms.